The van der Waals surface area contributed by atoms with E-state index < -0.39 is 0 Å². The average molecular weight is 357 g/mol. The monoisotopic (exact) mass is 356 g/mol. The molecule has 1 aromatic rings. The van der Waals surface area contributed by atoms with Crippen molar-refractivity contribution in [3.63, 3.8) is 0 Å². The Hall–Kier alpha value is -1.86. The number of amides is 2. The zero-order valence-electron chi connectivity index (χ0n) is 14.6. The van der Waals surface area contributed by atoms with E-state index in [1.165, 1.54) is 6.08 Å². The third-order valence-corrected chi connectivity index (χ3v) is 3.50. The largest absolute Gasteiger partial charge is 0.383 e. The molecule has 0 saturated heterocycles. The molecule has 0 aromatic carbocycles. The molecule has 0 aliphatic carbocycles. The van der Waals surface area contributed by atoms with E-state index in [4.69, 9.17) is 16.3 Å². The lowest BCUT2D eigenvalue weighted by Crippen LogP contribution is -2.37. The second kappa shape index (κ2) is 10.1. The Labute approximate surface area is 147 Å². The van der Waals surface area contributed by atoms with E-state index in [9.17, 15) is 9.59 Å². The van der Waals surface area contributed by atoms with Crippen molar-refractivity contribution >= 4 is 29.5 Å². The molecule has 0 aliphatic heterocycles. The van der Waals surface area contributed by atoms with Crippen LogP contribution in [0.1, 0.15) is 25.1 Å². The summed E-state index contributed by atoms with van der Waals surface area (Å²) in [4.78, 5) is 23.3. The molecule has 1 rings (SSSR count). The van der Waals surface area contributed by atoms with Crippen LogP contribution in [0, 0.1) is 12.8 Å². The predicted octanol–water partition coefficient (Wildman–Crippen LogP) is 1.39. The SMILES string of the molecule is COCCNC(=O)CNC(=O)/C=C/c1c(C)nn(CC(C)C)c1Cl. The van der Waals surface area contributed by atoms with Gasteiger partial charge in [0.15, 0.2) is 0 Å². The highest BCUT2D eigenvalue weighted by atomic mass is 35.5. The van der Waals surface area contributed by atoms with E-state index >= 15 is 0 Å². The number of ether oxygens (including phenoxy) is 1. The molecule has 2 amide bonds. The number of hydrogen-bond donors (Lipinski definition) is 2. The van der Waals surface area contributed by atoms with Crippen LogP contribution in [0.4, 0.5) is 0 Å². The molecule has 0 saturated carbocycles. The second-order valence-corrected chi connectivity index (χ2v) is 6.12. The lowest BCUT2D eigenvalue weighted by Gasteiger charge is -2.05. The Morgan fingerprint density at radius 2 is 2.08 bits per heavy atom. The van der Waals surface area contributed by atoms with Crippen molar-refractivity contribution in [2.45, 2.75) is 27.3 Å². The van der Waals surface area contributed by atoms with Crippen molar-refractivity contribution in [1.29, 1.82) is 0 Å². The third kappa shape index (κ3) is 6.72. The van der Waals surface area contributed by atoms with Crippen LogP contribution in [0.2, 0.25) is 5.15 Å². The van der Waals surface area contributed by atoms with E-state index in [0.717, 1.165) is 5.69 Å². The highest BCUT2D eigenvalue weighted by Crippen LogP contribution is 2.22. The van der Waals surface area contributed by atoms with Gasteiger partial charge in [-0.05, 0) is 18.9 Å². The highest BCUT2D eigenvalue weighted by molar-refractivity contribution is 6.31. The third-order valence-electron chi connectivity index (χ3n) is 3.10. The molecule has 134 valence electrons. The number of methoxy groups -OCH3 is 1. The first-order valence-corrected chi connectivity index (χ1v) is 8.17. The van der Waals surface area contributed by atoms with Gasteiger partial charge < -0.3 is 15.4 Å². The van der Waals surface area contributed by atoms with Crippen LogP contribution in [-0.4, -0.2) is 48.4 Å². The number of nitrogens with zero attached hydrogens (tertiary/aromatic N) is 2. The summed E-state index contributed by atoms with van der Waals surface area (Å²) >= 11 is 6.30. The Morgan fingerprint density at radius 3 is 2.71 bits per heavy atom. The highest BCUT2D eigenvalue weighted by Gasteiger charge is 2.12. The molecule has 0 radical (unpaired) electrons. The summed E-state index contributed by atoms with van der Waals surface area (Å²) in [5, 5.41) is 10.00. The van der Waals surface area contributed by atoms with Crippen molar-refractivity contribution < 1.29 is 14.3 Å². The van der Waals surface area contributed by atoms with Crippen LogP contribution in [0.15, 0.2) is 6.08 Å². The van der Waals surface area contributed by atoms with Crippen LogP contribution in [0.25, 0.3) is 6.08 Å². The minimum atomic E-state index is -0.371. The number of nitrogens with one attached hydrogen (secondary N) is 2. The van der Waals surface area contributed by atoms with E-state index in [1.54, 1.807) is 17.9 Å². The lowest BCUT2D eigenvalue weighted by molar-refractivity contribution is -0.124. The zero-order chi connectivity index (χ0) is 18.1. The van der Waals surface area contributed by atoms with Crippen molar-refractivity contribution in [2.24, 2.45) is 5.92 Å². The van der Waals surface area contributed by atoms with Gasteiger partial charge in [0.25, 0.3) is 0 Å². The number of carbonyl (C=O) groups excluding carboxylic acids is 2. The molecule has 8 heteroatoms. The summed E-state index contributed by atoms with van der Waals surface area (Å²) in [5.74, 6) is -0.227. The Morgan fingerprint density at radius 1 is 1.38 bits per heavy atom. The number of hydrogen-bond acceptors (Lipinski definition) is 4. The summed E-state index contributed by atoms with van der Waals surface area (Å²) < 4.78 is 6.54. The maximum Gasteiger partial charge on any atom is 0.244 e. The Balaban J connectivity index is 2.55. The van der Waals surface area contributed by atoms with Crippen LogP contribution in [-0.2, 0) is 20.9 Å². The molecule has 1 heterocycles. The summed E-state index contributed by atoms with van der Waals surface area (Å²) in [6.45, 7) is 7.45. The van der Waals surface area contributed by atoms with Crippen LogP contribution in [0.3, 0.4) is 0 Å². The fourth-order valence-corrected chi connectivity index (χ4v) is 2.27. The fourth-order valence-electron chi connectivity index (χ4n) is 1.96. The molecular formula is C16H25ClN4O3. The minimum Gasteiger partial charge on any atom is -0.383 e. The fraction of sp³-hybridized carbons (Fsp3) is 0.562. The predicted molar refractivity (Wildman–Crippen MR) is 93.7 cm³/mol. The van der Waals surface area contributed by atoms with E-state index in [0.29, 0.717) is 36.3 Å². The van der Waals surface area contributed by atoms with Gasteiger partial charge in [-0.25, -0.2) is 0 Å². The van der Waals surface area contributed by atoms with Crippen molar-refractivity contribution in [3.05, 3.63) is 22.5 Å². The first-order chi connectivity index (χ1) is 11.3. The van der Waals surface area contributed by atoms with Gasteiger partial charge in [-0.15, -0.1) is 0 Å². The molecule has 2 N–H and O–H groups in total. The Bertz CT molecular complexity index is 596. The molecule has 0 atom stereocenters. The van der Waals surface area contributed by atoms with E-state index in [-0.39, 0.29) is 18.4 Å². The molecule has 0 aliphatic rings. The van der Waals surface area contributed by atoms with Crippen molar-refractivity contribution in [1.82, 2.24) is 20.4 Å². The topological polar surface area (TPSA) is 85.2 Å². The van der Waals surface area contributed by atoms with Crippen LogP contribution < -0.4 is 10.6 Å². The summed E-state index contributed by atoms with van der Waals surface area (Å²) in [6, 6.07) is 0. The summed E-state index contributed by atoms with van der Waals surface area (Å²) in [7, 11) is 1.55. The van der Waals surface area contributed by atoms with Crippen LogP contribution in [0.5, 0.6) is 0 Å². The number of rotatable bonds is 9. The van der Waals surface area contributed by atoms with Crippen molar-refractivity contribution in [3.8, 4) is 0 Å². The second-order valence-electron chi connectivity index (χ2n) is 5.76. The summed E-state index contributed by atoms with van der Waals surface area (Å²) in [5.41, 5.74) is 1.46. The normalized spacial score (nSPS) is 11.2. The van der Waals surface area contributed by atoms with Gasteiger partial charge in [0.05, 0.1) is 18.8 Å². The number of halogens is 1. The Kier molecular flexibility index (Phi) is 8.49. The molecule has 0 spiro atoms. The lowest BCUT2D eigenvalue weighted by atomic mass is 10.2. The average Bonchev–Trinajstić information content (AvgIpc) is 2.77. The maximum atomic E-state index is 11.8. The molecular weight excluding hydrogens is 332 g/mol. The van der Waals surface area contributed by atoms with Crippen LogP contribution >= 0.6 is 11.6 Å². The molecule has 7 nitrogen and oxygen atoms in total. The zero-order valence-corrected chi connectivity index (χ0v) is 15.3. The molecule has 1 aromatic heterocycles. The van der Waals surface area contributed by atoms with Gasteiger partial charge in [-0.3, -0.25) is 14.3 Å². The first-order valence-electron chi connectivity index (χ1n) is 7.79. The van der Waals surface area contributed by atoms with Gasteiger partial charge >= 0.3 is 0 Å². The smallest absolute Gasteiger partial charge is 0.244 e. The van der Waals surface area contributed by atoms with E-state index in [2.05, 4.69) is 29.6 Å². The quantitative estimate of drug-likeness (QED) is 0.517. The number of aromatic nitrogens is 2. The standard InChI is InChI=1S/C16H25ClN4O3/c1-11(2)10-21-16(17)13(12(3)20-21)5-6-14(22)19-9-15(23)18-7-8-24-4/h5-6,11H,7-10H2,1-4H3,(H,18,23)(H,19,22)/b6-5+. The number of aryl methyl sites for hydroxylation is 1. The molecule has 0 bridgehead atoms. The van der Waals surface area contributed by atoms with Gasteiger partial charge in [0, 0.05) is 31.8 Å². The molecule has 24 heavy (non-hydrogen) atoms. The van der Waals surface area contributed by atoms with Gasteiger partial charge in [0.1, 0.15) is 5.15 Å². The summed E-state index contributed by atoms with van der Waals surface area (Å²) in [6.07, 6.45) is 2.96. The maximum absolute atomic E-state index is 11.8. The van der Waals surface area contributed by atoms with Gasteiger partial charge in [0.2, 0.25) is 11.8 Å². The minimum absolute atomic E-state index is 0.0911. The van der Waals surface area contributed by atoms with Crippen molar-refractivity contribution in [2.75, 3.05) is 26.8 Å². The molecule has 0 unspecified atom stereocenters. The van der Waals surface area contributed by atoms with Gasteiger partial charge in [-0.2, -0.15) is 5.10 Å². The first kappa shape index (κ1) is 20.2. The van der Waals surface area contributed by atoms with Gasteiger partial charge in [-0.1, -0.05) is 25.4 Å². The van der Waals surface area contributed by atoms with E-state index in [1.807, 2.05) is 6.92 Å². The molecule has 0 fully saturated rings. The number of carbonyl (C=O) groups is 2.